The van der Waals surface area contributed by atoms with Crippen LogP contribution in [-0.4, -0.2) is 30.0 Å². The van der Waals surface area contributed by atoms with Crippen molar-refractivity contribution in [2.45, 2.75) is 6.04 Å². The van der Waals surface area contributed by atoms with Crippen molar-refractivity contribution >= 4 is 11.9 Å². The summed E-state index contributed by atoms with van der Waals surface area (Å²) < 4.78 is 4.40. The second kappa shape index (κ2) is 5.06. The minimum Gasteiger partial charge on any atom is -0.465 e. The van der Waals surface area contributed by atoms with E-state index in [-0.39, 0.29) is 16.8 Å². The van der Waals surface area contributed by atoms with Crippen molar-refractivity contribution in [3.05, 3.63) is 39.1 Å². The van der Waals surface area contributed by atoms with E-state index in [1.54, 1.807) is 0 Å². The van der Waals surface area contributed by atoms with Crippen LogP contribution >= 0.6 is 0 Å². The first-order chi connectivity index (χ1) is 8.06. The van der Waals surface area contributed by atoms with Crippen molar-refractivity contribution in [2.75, 3.05) is 7.11 Å². The number of nitro groups is 1. The predicted octanol–water partition coefficient (Wildman–Crippen LogP) is -1.15. The molecule has 8 nitrogen and oxygen atoms in total. The zero-order valence-corrected chi connectivity index (χ0v) is 8.80. The number of allylic oxidation sites excluding steroid dienone is 2. The third-order valence-electron chi connectivity index (χ3n) is 2.19. The Morgan fingerprint density at radius 2 is 2.29 bits per heavy atom. The second-order valence-corrected chi connectivity index (χ2v) is 3.04. The molecule has 8 heteroatoms. The zero-order chi connectivity index (χ0) is 13.0. The molecule has 90 valence electrons. The molecule has 17 heavy (non-hydrogen) atoms. The lowest BCUT2D eigenvalue weighted by molar-refractivity contribution is -0.500. The van der Waals surface area contributed by atoms with Gasteiger partial charge in [-0.25, -0.2) is 9.59 Å². The first-order valence-electron chi connectivity index (χ1n) is 4.42. The molecule has 1 unspecified atom stereocenters. The van der Waals surface area contributed by atoms with E-state index in [2.05, 4.69) is 10.2 Å². The molecule has 1 aliphatic rings. The minimum absolute atomic E-state index is 0.0364. The highest BCUT2D eigenvalue weighted by Gasteiger charge is 2.39. The maximum absolute atomic E-state index is 11.3. The van der Waals surface area contributed by atoms with Crippen LogP contribution in [0.25, 0.3) is 0 Å². The molecule has 1 aliphatic carbocycles. The topological polar surface area (TPSA) is 125 Å². The van der Waals surface area contributed by atoms with Gasteiger partial charge in [0.15, 0.2) is 0 Å². The first kappa shape index (κ1) is 12.6. The standard InChI is InChI=1S/C9H9N3O5/c1-17-9(14)5-2-3-7(11-10)6(4-13)8(5)12(15)16/h2-3,8,11H,10H2,1H3. The number of hydrazine groups is 1. The van der Waals surface area contributed by atoms with Crippen LogP contribution < -0.4 is 11.3 Å². The normalized spacial score (nSPS) is 18.7. The summed E-state index contributed by atoms with van der Waals surface area (Å²) in [6.45, 7) is 0. The number of ether oxygens (including phenoxy) is 1. The van der Waals surface area contributed by atoms with E-state index in [1.807, 2.05) is 0 Å². The van der Waals surface area contributed by atoms with Crippen LogP contribution in [0, 0.1) is 10.1 Å². The van der Waals surface area contributed by atoms with E-state index in [9.17, 15) is 19.7 Å². The van der Waals surface area contributed by atoms with Gasteiger partial charge in [-0.1, -0.05) is 0 Å². The number of nitrogens with zero attached hydrogens (tertiary/aromatic N) is 1. The van der Waals surface area contributed by atoms with Gasteiger partial charge in [0.05, 0.1) is 12.8 Å². The van der Waals surface area contributed by atoms with Crippen LogP contribution in [0.5, 0.6) is 0 Å². The molecule has 0 saturated carbocycles. The van der Waals surface area contributed by atoms with E-state index in [1.165, 1.54) is 18.1 Å². The Labute approximate surface area is 95.5 Å². The van der Waals surface area contributed by atoms with Crippen molar-refractivity contribution in [3.8, 4) is 0 Å². The molecular weight excluding hydrogens is 230 g/mol. The maximum atomic E-state index is 11.3. The van der Waals surface area contributed by atoms with Gasteiger partial charge in [0.25, 0.3) is 6.04 Å². The molecule has 0 radical (unpaired) electrons. The SMILES string of the molecule is COC(=O)C1=CC=C(NN)C(=C=O)C1[N+](=O)[O-]. The Bertz CT molecular complexity index is 473. The summed E-state index contributed by atoms with van der Waals surface area (Å²) in [7, 11) is 1.09. The summed E-state index contributed by atoms with van der Waals surface area (Å²) >= 11 is 0. The molecular formula is C9H9N3O5. The maximum Gasteiger partial charge on any atom is 0.341 e. The lowest BCUT2D eigenvalue weighted by Gasteiger charge is -2.17. The fourth-order valence-corrected chi connectivity index (χ4v) is 1.41. The summed E-state index contributed by atoms with van der Waals surface area (Å²) in [6.07, 6.45) is 2.45. The summed E-state index contributed by atoms with van der Waals surface area (Å²) in [6, 6.07) is -1.63. The smallest absolute Gasteiger partial charge is 0.341 e. The van der Waals surface area contributed by atoms with Crippen LogP contribution in [-0.2, 0) is 14.3 Å². The van der Waals surface area contributed by atoms with E-state index >= 15 is 0 Å². The largest absolute Gasteiger partial charge is 0.465 e. The predicted molar refractivity (Wildman–Crippen MR) is 55.5 cm³/mol. The van der Waals surface area contributed by atoms with Gasteiger partial charge in [0, 0.05) is 4.92 Å². The van der Waals surface area contributed by atoms with Gasteiger partial charge in [0.1, 0.15) is 17.1 Å². The molecule has 0 aromatic carbocycles. The lowest BCUT2D eigenvalue weighted by atomic mass is 9.93. The number of carbonyl (C=O) groups excluding carboxylic acids is 2. The van der Waals surface area contributed by atoms with Gasteiger partial charge in [0.2, 0.25) is 0 Å². The number of methoxy groups -OCH3 is 1. The molecule has 0 saturated heterocycles. The Hall–Kier alpha value is -2.44. The number of carbonyl (C=O) groups is 1. The molecule has 0 aromatic rings. The number of esters is 1. The monoisotopic (exact) mass is 239 g/mol. The Morgan fingerprint density at radius 3 is 2.71 bits per heavy atom. The van der Waals surface area contributed by atoms with E-state index in [0.717, 1.165) is 7.11 Å². The molecule has 0 bridgehead atoms. The van der Waals surface area contributed by atoms with Crippen molar-refractivity contribution in [2.24, 2.45) is 5.84 Å². The van der Waals surface area contributed by atoms with Gasteiger partial charge in [-0.05, 0) is 12.2 Å². The summed E-state index contributed by atoms with van der Waals surface area (Å²) in [5.41, 5.74) is 1.56. The number of rotatable bonds is 3. The zero-order valence-electron chi connectivity index (χ0n) is 8.80. The quantitative estimate of drug-likeness (QED) is 0.209. The van der Waals surface area contributed by atoms with Crippen molar-refractivity contribution in [1.29, 1.82) is 0 Å². The van der Waals surface area contributed by atoms with Gasteiger partial charge >= 0.3 is 5.97 Å². The molecule has 0 amide bonds. The summed E-state index contributed by atoms with van der Waals surface area (Å²) in [5, 5.41) is 10.9. The summed E-state index contributed by atoms with van der Waals surface area (Å²) in [5.74, 6) is 5.63. The van der Waals surface area contributed by atoms with Crippen LogP contribution in [0.15, 0.2) is 29.0 Å². The third kappa shape index (κ3) is 2.22. The lowest BCUT2D eigenvalue weighted by Crippen LogP contribution is -2.36. The van der Waals surface area contributed by atoms with Crippen molar-refractivity contribution in [1.82, 2.24) is 5.43 Å². The molecule has 0 aromatic heterocycles. The van der Waals surface area contributed by atoms with Crippen LogP contribution in [0.2, 0.25) is 0 Å². The highest BCUT2D eigenvalue weighted by Crippen LogP contribution is 2.24. The minimum atomic E-state index is -1.63. The van der Waals surface area contributed by atoms with Crippen molar-refractivity contribution in [3.63, 3.8) is 0 Å². The fourth-order valence-electron chi connectivity index (χ4n) is 1.41. The highest BCUT2D eigenvalue weighted by molar-refractivity contribution is 5.92. The van der Waals surface area contributed by atoms with Crippen LogP contribution in [0.1, 0.15) is 0 Å². The number of nitrogens with one attached hydrogen (secondary N) is 1. The molecule has 1 rings (SSSR count). The fraction of sp³-hybridized carbons (Fsp3) is 0.222. The van der Waals surface area contributed by atoms with Gasteiger partial charge in [-0.3, -0.25) is 16.0 Å². The van der Waals surface area contributed by atoms with E-state index < -0.39 is 16.9 Å². The third-order valence-corrected chi connectivity index (χ3v) is 2.19. The molecule has 0 heterocycles. The molecule has 0 spiro atoms. The number of nitrogens with two attached hydrogens (primary N) is 1. The van der Waals surface area contributed by atoms with Crippen LogP contribution in [0.3, 0.4) is 0 Å². The Kier molecular flexibility index (Phi) is 3.76. The highest BCUT2D eigenvalue weighted by atomic mass is 16.6. The first-order valence-corrected chi connectivity index (χ1v) is 4.42. The number of hydrogen-bond acceptors (Lipinski definition) is 7. The Balaban J connectivity index is 3.34. The molecule has 1 atom stereocenters. The Morgan fingerprint density at radius 1 is 1.65 bits per heavy atom. The van der Waals surface area contributed by atoms with E-state index in [0.29, 0.717) is 0 Å². The van der Waals surface area contributed by atoms with Crippen LogP contribution in [0.4, 0.5) is 0 Å². The second-order valence-electron chi connectivity index (χ2n) is 3.04. The van der Waals surface area contributed by atoms with Gasteiger partial charge < -0.3 is 10.2 Å². The summed E-state index contributed by atoms with van der Waals surface area (Å²) in [4.78, 5) is 32.1. The molecule has 0 aliphatic heterocycles. The van der Waals surface area contributed by atoms with Gasteiger partial charge in [-0.2, -0.15) is 0 Å². The van der Waals surface area contributed by atoms with Gasteiger partial charge in [-0.15, -0.1) is 0 Å². The average molecular weight is 239 g/mol. The molecule has 3 N–H and O–H groups in total. The average Bonchev–Trinajstić information content (AvgIpc) is 2.35. The van der Waals surface area contributed by atoms with E-state index in [4.69, 9.17) is 5.84 Å². The molecule has 0 fully saturated rings. The van der Waals surface area contributed by atoms with Crippen molar-refractivity contribution < 1.29 is 19.2 Å². The number of hydrogen-bond donors (Lipinski definition) is 2.